The number of halogens is 3. The SMILES string of the molecule is CC(C(=O)N1CCCc2c(N)cccc21)c1ccc(Cl)c(Cl)c1.Cl. The predicted octanol–water partition coefficient (Wildman–Crippen LogP) is 5.08. The lowest BCUT2D eigenvalue weighted by Crippen LogP contribution is -2.38. The van der Waals surface area contributed by atoms with Crippen LogP contribution in [0.5, 0.6) is 0 Å². The van der Waals surface area contributed by atoms with Crippen LogP contribution in [0.15, 0.2) is 36.4 Å². The molecule has 0 saturated heterocycles. The fraction of sp³-hybridized carbons (Fsp3) is 0.278. The summed E-state index contributed by atoms with van der Waals surface area (Å²) in [5.74, 6) is -0.243. The third-order valence-corrected chi connectivity index (χ3v) is 5.11. The molecule has 0 aliphatic carbocycles. The second-order valence-electron chi connectivity index (χ2n) is 5.83. The maximum atomic E-state index is 13.0. The van der Waals surface area contributed by atoms with Gasteiger partial charge in [-0.1, -0.05) is 35.3 Å². The largest absolute Gasteiger partial charge is 0.398 e. The van der Waals surface area contributed by atoms with E-state index in [1.54, 1.807) is 12.1 Å². The number of hydrogen-bond donors (Lipinski definition) is 1. The number of nitrogens with zero attached hydrogens (tertiary/aromatic N) is 1. The van der Waals surface area contributed by atoms with Gasteiger partial charge in [-0.3, -0.25) is 4.79 Å². The number of carbonyl (C=O) groups is 1. The molecular formula is C18H19Cl3N2O. The molecule has 1 aliphatic rings. The minimum absolute atomic E-state index is 0. The van der Waals surface area contributed by atoms with Crippen molar-refractivity contribution in [3.63, 3.8) is 0 Å². The van der Waals surface area contributed by atoms with E-state index in [1.807, 2.05) is 36.1 Å². The lowest BCUT2D eigenvalue weighted by molar-refractivity contribution is -0.119. The maximum Gasteiger partial charge on any atom is 0.234 e. The molecule has 1 unspecified atom stereocenters. The monoisotopic (exact) mass is 384 g/mol. The Hall–Kier alpha value is -1.42. The number of hydrogen-bond acceptors (Lipinski definition) is 2. The summed E-state index contributed by atoms with van der Waals surface area (Å²) in [5.41, 5.74) is 9.66. The van der Waals surface area contributed by atoms with Crippen LogP contribution in [0.3, 0.4) is 0 Å². The number of anilines is 2. The Morgan fingerprint density at radius 3 is 2.67 bits per heavy atom. The molecule has 1 atom stereocenters. The molecule has 1 amide bonds. The molecule has 0 radical (unpaired) electrons. The second kappa shape index (κ2) is 7.64. The van der Waals surface area contributed by atoms with Gasteiger partial charge in [0.25, 0.3) is 0 Å². The van der Waals surface area contributed by atoms with Crippen molar-refractivity contribution >= 4 is 52.9 Å². The van der Waals surface area contributed by atoms with Crippen molar-refractivity contribution in [3.05, 3.63) is 57.6 Å². The van der Waals surface area contributed by atoms with Gasteiger partial charge in [-0.25, -0.2) is 0 Å². The lowest BCUT2D eigenvalue weighted by atomic mass is 9.95. The standard InChI is InChI=1S/C18H18Cl2N2O.ClH/c1-11(12-7-8-14(19)15(20)10-12)18(23)22-9-3-4-13-16(21)5-2-6-17(13)22;/h2,5-8,10-11H,3-4,9,21H2,1H3;1H. The van der Waals surface area contributed by atoms with Crippen LogP contribution < -0.4 is 10.6 Å². The van der Waals surface area contributed by atoms with Crippen molar-refractivity contribution in [2.24, 2.45) is 0 Å². The van der Waals surface area contributed by atoms with Gasteiger partial charge < -0.3 is 10.6 Å². The summed E-state index contributed by atoms with van der Waals surface area (Å²) < 4.78 is 0. The number of amides is 1. The number of nitrogens with two attached hydrogens (primary N) is 1. The Morgan fingerprint density at radius 1 is 1.21 bits per heavy atom. The molecule has 3 rings (SSSR count). The van der Waals surface area contributed by atoms with Crippen LogP contribution in [-0.4, -0.2) is 12.5 Å². The van der Waals surface area contributed by atoms with Crippen LogP contribution in [0.4, 0.5) is 11.4 Å². The van der Waals surface area contributed by atoms with Crippen molar-refractivity contribution in [3.8, 4) is 0 Å². The molecule has 24 heavy (non-hydrogen) atoms. The van der Waals surface area contributed by atoms with Gasteiger partial charge >= 0.3 is 0 Å². The number of rotatable bonds is 2. The summed E-state index contributed by atoms with van der Waals surface area (Å²) in [6, 6.07) is 11.1. The summed E-state index contributed by atoms with van der Waals surface area (Å²) in [6.07, 6.45) is 1.83. The van der Waals surface area contributed by atoms with E-state index in [-0.39, 0.29) is 24.2 Å². The van der Waals surface area contributed by atoms with Gasteiger partial charge in [-0.2, -0.15) is 0 Å². The van der Waals surface area contributed by atoms with Gasteiger partial charge in [-0.05, 0) is 55.2 Å². The Balaban J connectivity index is 0.00000208. The van der Waals surface area contributed by atoms with E-state index in [9.17, 15) is 4.79 Å². The average molecular weight is 386 g/mol. The minimum Gasteiger partial charge on any atom is -0.398 e. The normalized spacial score (nSPS) is 14.5. The fourth-order valence-corrected chi connectivity index (χ4v) is 3.35. The van der Waals surface area contributed by atoms with Gasteiger partial charge in [0.1, 0.15) is 0 Å². The number of benzene rings is 2. The van der Waals surface area contributed by atoms with Crippen LogP contribution >= 0.6 is 35.6 Å². The van der Waals surface area contributed by atoms with Crippen molar-refractivity contribution in [1.82, 2.24) is 0 Å². The molecule has 3 nitrogen and oxygen atoms in total. The first-order valence-electron chi connectivity index (χ1n) is 7.62. The van der Waals surface area contributed by atoms with Gasteiger partial charge in [-0.15, -0.1) is 12.4 Å². The highest BCUT2D eigenvalue weighted by atomic mass is 35.5. The molecule has 0 aromatic heterocycles. The molecule has 2 aromatic carbocycles. The molecule has 128 valence electrons. The number of carbonyl (C=O) groups excluding carboxylic acids is 1. The molecule has 1 heterocycles. The van der Waals surface area contributed by atoms with Crippen LogP contribution in [0.1, 0.15) is 30.4 Å². The van der Waals surface area contributed by atoms with E-state index in [0.29, 0.717) is 16.6 Å². The zero-order valence-corrected chi connectivity index (χ0v) is 15.6. The maximum absolute atomic E-state index is 13.0. The summed E-state index contributed by atoms with van der Waals surface area (Å²) in [5, 5.41) is 0.957. The Bertz CT molecular complexity index is 764. The summed E-state index contributed by atoms with van der Waals surface area (Å²) in [7, 11) is 0. The van der Waals surface area contributed by atoms with Crippen LogP contribution in [0.25, 0.3) is 0 Å². The van der Waals surface area contributed by atoms with E-state index in [4.69, 9.17) is 28.9 Å². The van der Waals surface area contributed by atoms with Crippen molar-refractivity contribution in [1.29, 1.82) is 0 Å². The van der Waals surface area contributed by atoms with Crippen molar-refractivity contribution in [2.75, 3.05) is 17.2 Å². The van der Waals surface area contributed by atoms with Gasteiger partial charge in [0, 0.05) is 17.9 Å². The summed E-state index contributed by atoms with van der Waals surface area (Å²) >= 11 is 12.0. The molecule has 0 bridgehead atoms. The first-order valence-corrected chi connectivity index (χ1v) is 8.38. The first-order chi connectivity index (χ1) is 11.0. The number of fused-ring (bicyclic) bond motifs is 1. The molecule has 0 saturated carbocycles. The Labute approximate surface area is 158 Å². The van der Waals surface area contributed by atoms with Gasteiger partial charge in [0.2, 0.25) is 5.91 Å². The van der Waals surface area contributed by atoms with Crippen LogP contribution in [0.2, 0.25) is 10.0 Å². The average Bonchev–Trinajstić information content (AvgIpc) is 2.56. The summed E-state index contributed by atoms with van der Waals surface area (Å²) in [4.78, 5) is 14.8. The smallest absolute Gasteiger partial charge is 0.234 e. The zero-order chi connectivity index (χ0) is 16.6. The molecule has 6 heteroatoms. The van der Waals surface area contributed by atoms with Gasteiger partial charge in [0.05, 0.1) is 16.0 Å². The topological polar surface area (TPSA) is 46.3 Å². The molecule has 2 N–H and O–H groups in total. The first kappa shape index (κ1) is 18.9. The highest BCUT2D eigenvalue weighted by molar-refractivity contribution is 6.42. The quantitative estimate of drug-likeness (QED) is 0.733. The van der Waals surface area contributed by atoms with E-state index in [1.165, 1.54) is 0 Å². The van der Waals surface area contributed by atoms with E-state index >= 15 is 0 Å². The Kier molecular flexibility index (Phi) is 6.02. The Morgan fingerprint density at radius 2 is 1.96 bits per heavy atom. The van der Waals surface area contributed by atoms with E-state index in [0.717, 1.165) is 35.3 Å². The molecular weight excluding hydrogens is 367 g/mol. The second-order valence-corrected chi connectivity index (χ2v) is 6.65. The van der Waals surface area contributed by atoms with Crippen LogP contribution in [0, 0.1) is 0 Å². The summed E-state index contributed by atoms with van der Waals surface area (Å²) in [6.45, 7) is 2.60. The molecule has 2 aromatic rings. The molecule has 0 fully saturated rings. The third kappa shape index (κ3) is 3.49. The fourth-order valence-electron chi connectivity index (χ4n) is 3.04. The highest BCUT2D eigenvalue weighted by Crippen LogP contribution is 2.34. The van der Waals surface area contributed by atoms with Crippen molar-refractivity contribution < 1.29 is 4.79 Å². The minimum atomic E-state index is -0.294. The van der Waals surface area contributed by atoms with Gasteiger partial charge in [0.15, 0.2) is 0 Å². The predicted molar refractivity (Wildman–Crippen MR) is 104 cm³/mol. The molecule has 0 spiro atoms. The third-order valence-electron chi connectivity index (χ3n) is 4.37. The number of nitrogen functional groups attached to an aromatic ring is 1. The van der Waals surface area contributed by atoms with E-state index < -0.39 is 0 Å². The zero-order valence-electron chi connectivity index (χ0n) is 13.3. The lowest BCUT2D eigenvalue weighted by Gasteiger charge is -2.32. The van der Waals surface area contributed by atoms with E-state index in [2.05, 4.69) is 0 Å². The van der Waals surface area contributed by atoms with Crippen molar-refractivity contribution in [2.45, 2.75) is 25.7 Å². The highest BCUT2D eigenvalue weighted by Gasteiger charge is 2.28. The molecule has 1 aliphatic heterocycles. The van der Waals surface area contributed by atoms with Crippen LogP contribution in [-0.2, 0) is 11.2 Å².